The molecule has 10 heteroatoms. The van der Waals surface area contributed by atoms with E-state index in [1.807, 2.05) is 0 Å². The van der Waals surface area contributed by atoms with Crippen LogP contribution >= 0.6 is 27.7 Å². The number of carbonyl (C=O) groups is 1. The third-order valence-electron chi connectivity index (χ3n) is 4.97. The summed E-state index contributed by atoms with van der Waals surface area (Å²) in [5.74, 6) is -0.304. The van der Waals surface area contributed by atoms with Crippen molar-refractivity contribution in [3.05, 3.63) is 58.3 Å². The Morgan fingerprint density at radius 2 is 2.00 bits per heavy atom. The molecule has 0 radical (unpaired) electrons. The standard InChI is InChI=1S/C20H18BrFN2O4S2/c1-28-14-5-2-12(3-6-14)8-19(25)23-20-24(16-7-4-13(21)9-15(16)22)17-10-30(26,27)11-18(17)29-20/h2-7,9,17-18H,8,10-11H2,1H3/t17-,18+/m1/s1. The van der Waals surface area contributed by atoms with Crippen LogP contribution in [0, 0.1) is 5.82 Å². The van der Waals surface area contributed by atoms with Crippen LogP contribution in [-0.2, 0) is 21.1 Å². The van der Waals surface area contributed by atoms with Crippen LogP contribution in [0.2, 0.25) is 0 Å². The smallest absolute Gasteiger partial charge is 0.252 e. The molecule has 2 heterocycles. The molecule has 0 spiro atoms. The number of amides is 1. The van der Waals surface area contributed by atoms with Crippen LogP contribution < -0.4 is 9.64 Å². The third-order valence-corrected chi connectivity index (χ3v) is 8.67. The first-order chi connectivity index (χ1) is 14.3. The lowest BCUT2D eigenvalue weighted by Gasteiger charge is -2.25. The first-order valence-corrected chi connectivity index (χ1v) is 12.6. The van der Waals surface area contributed by atoms with Gasteiger partial charge in [-0.05, 0) is 35.9 Å². The van der Waals surface area contributed by atoms with Crippen molar-refractivity contribution in [3.63, 3.8) is 0 Å². The number of nitrogens with zero attached hydrogens (tertiary/aromatic N) is 2. The highest BCUT2D eigenvalue weighted by Gasteiger charge is 2.50. The molecule has 0 aliphatic carbocycles. The van der Waals surface area contributed by atoms with Gasteiger partial charge in [0.15, 0.2) is 15.0 Å². The molecule has 2 aromatic rings. The molecule has 158 valence electrons. The van der Waals surface area contributed by atoms with Gasteiger partial charge in [0, 0.05) is 9.72 Å². The van der Waals surface area contributed by atoms with E-state index in [0.29, 0.717) is 15.4 Å². The molecule has 4 rings (SSSR count). The van der Waals surface area contributed by atoms with Gasteiger partial charge in [-0.2, -0.15) is 4.99 Å². The quantitative estimate of drug-likeness (QED) is 0.624. The van der Waals surface area contributed by atoms with E-state index in [2.05, 4.69) is 20.9 Å². The summed E-state index contributed by atoms with van der Waals surface area (Å²) in [7, 11) is -1.65. The van der Waals surface area contributed by atoms with Crippen molar-refractivity contribution in [3.8, 4) is 5.75 Å². The first-order valence-electron chi connectivity index (χ1n) is 9.11. The number of amidine groups is 1. The summed E-state index contributed by atoms with van der Waals surface area (Å²) in [6.45, 7) is 0. The van der Waals surface area contributed by atoms with Gasteiger partial charge in [0.05, 0.1) is 36.8 Å². The van der Waals surface area contributed by atoms with E-state index >= 15 is 0 Å². The number of sulfone groups is 1. The van der Waals surface area contributed by atoms with Crippen molar-refractivity contribution in [1.82, 2.24) is 0 Å². The van der Waals surface area contributed by atoms with Gasteiger partial charge < -0.3 is 9.64 Å². The molecular formula is C20H18BrFN2O4S2. The Balaban J connectivity index is 1.63. The molecule has 30 heavy (non-hydrogen) atoms. The minimum absolute atomic E-state index is 0.0112. The second kappa shape index (κ2) is 8.32. The highest BCUT2D eigenvalue weighted by Crippen LogP contribution is 2.42. The van der Waals surface area contributed by atoms with Gasteiger partial charge in [0.25, 0.3) is 5.91 Å². The minimum Gasteiger partial charge on any atom is -0.497 e. The van der Waals surface area contributed by atoms with Gasteiger partial charge in [0.2, 0.25) is 0 Å². The number of hydrogen-bond acceptors (Lipinski definition) is 5. The zero-order valence-corrected chi connectivity index (χ0v) is 19.1. The molecule has 0 N–H and O–H groups in total. The van der Waals surface area contributed by atoms with E-state index in [-0.39, 0.29) is 34.8 Å². The van der Waals surface area contributed by atoms with E-state index in [0.717, 1.165) is 5.56 Å². The van der Waals surface area contributed by atoms with Crippen LogP contribution in [-0.4, -0.2) is 49.4 Å². The lowest BCUT2D eigenvalue weighted by molar-refractivity contribution is -0.117. The van der Waals surface area contributed by atoms with Crippen LogP contribution in [0.3, 0.4) is 0 Å². The number of anilines is 1. The van der Waals surface area contributed by atoms with Crippen molar-refractivity contribution in [2.75, 3.05) is 23.5 Å². The Morgan fingerprint density at radius 3 is 2.67 bits per heavy atom. The van der Waals surface area contributed by atoms with Crippen molar-refractivity contribution < 1.29 is 22.3 Å². The second-order valence-corrected chi connectivity index (χ2v) is 11.4. The average molecular weight is 513 g/mol. The van der Waals surface area contributed by atoms with Gasteiger partial charge >= 0.3 is 0 Å². The lowest BCUT2D eigenvalue weighted by Crippen LogP contribution is -2.38. The topological polar surface area (TPSA) is 76.0 Å². The fraction of sp³-hybridized carbons (Fsp3) is 0.300. The molecule has 0 bridgehead atoms. The number of carbonyl (C=O) groups excluding carboxylic acids is 1. The van der Waals surface area contributed by atoms with Crippen LogP contribution in [0.1, 0.15) is 5.56 Å². The SMILES string of the molecule is COc1ccc(CC(=O)N=C2S[C@H]3CS(=O)(=O)C[C@H]3N2c2ccc(Br)cc2F)cc1. The molecule has 2 aromatic carbocycles. The van der Waals surface area contributed by atoms with Crippen LogP contribution in [0.25, 0.3) is 0 Å². The summed E-state index contributed by atoms with van der Waals surface area (Å²) in [4.78, 5) is 18.4. The highest BCUT2D eigenvalue weighted by atomic mass is 79.9. The molecular weight excluding hydrogens is 495 g/mol. The molecule has 6 nitrogen and oxygen atoms in total. The van der Waals surface area contributed by atoms with Crippen molar-refractivity contribution in [1.29, 1.82) is 0 Å². The molecule has 2 aliphatic heterocycles. The van der Waals surface area contributed by atoms with Crippen molar-refractivity contribution in [2.45, 2.75) is 17.7 Å². The van der Waals surface area contributed by atoms with E-state index < -0.39 is 21.7 Å². The summed E-state index contributed by atoms with van der Waals surface area (Å²) >= 11 is 4.45. The Morgan fingerprint density at radius 1 is 1.27 bits per heavy atom. The number of thioether (sulfide) groups is 1. The summed E-state index contributed by atoms with van der Waals surface area (Å²) in [5, 5.41) is 0.0465. The maximum Gasteiger partial charge on any atom is 0.252 e. The molecule has 1 amide bonds. The number of rotatable bonds is 4. The number of aliphatic imine (C=N–C) groups is 1. The Bertz CT molecular complexity index is 1120. The van der Waals surface area contributed by atoms with Gasteiger partial charge in [-0.3, -0.25) is 4.79 Å². The van der Waals surface area contributed by atoms with E-state index in [1.54, 1.807) is 48.4 Å². The molecule has 2 atom stereocenters. The number of halogens is 2. The number of ether oxygens (including phenoxy) is 1. The Hall–Kier alpha value is -1.91. The van der Waals surface area contributed by atoms with Crippen LogP contribution in [0.5, 0.6) is 5.75 Å². The summed E-state index contributed by atoms with van der Waals surface area (Å²) in [6, 6.07) is 11.2. The number of methoxy groups -OCH3 is 1. The molecule has 0 unspecified atom stereocenters. The van der Waals surface area contributed by atoms with Crippen molar-refractivity contribution >= 4 is 54.3 Å². The average Bonchev–Trinajstić information content (AvgIpc) is 3.13. The zero-order valence-electron chi connectivity index (χ0n) is 15.9. The number of fused-ring (bicyclic) bond motifs is 1. The molecule has 2 fully saturated rings. The largest absolute Gasteiger partial charge is 0.497 e. The minimum atomic E-state index is -3.22. The highest BCUT2D eigenvalue weighted by molar-refractivity contribution is 9.10. The zero-order chi connectivity index (χ0) is 21.5. The van der Waals surface area contributed by atoms with Gasteiger partial charge in [-0.15, -0.1) is 0 Å². The maximum atomic E-state index is 14.7. The number of benzene rings is 2. The summed E-state index contributed by atoms with van der Waals surface area (Å²) in [5.41, 5.74) is 0.989. The predicted octanol–water partition coefficient (Wildman–Crippen LogP) is 3.44. The predicted molar refractivity (Wildman–Crippen MR) is 120 cm³/mol. The Labute approximate surface area is 186 Å². The monoisotopic (exact) mass is 512 g/mol. The van der Waals surface area contributed by atoms with E-state index in [1.165, 1.54) is 17.8 Å². The fourth-order valence-electron chi connectivity index (χ4n) is 3.59. The summed E-state index contributed by atoms with van der Waals surface area (Å²) < 4.78 is 44.6. The second-order valence-electron chi connectivity index (χ2n) is 7.08. The van der Waals surface area contributed by atoms with E-state index in [4.69, 9.17) is 4.74 Å². The fourth-order valence-corrected chi connectivity index (χ4v) is 7.84. The van der Waals surface area contributed by atoms with Gasteiger partial charge in [0.1, 0.15) is 11.6 Å². The molecule has 2 saturated heterocycles. The van der Waals surface area contributed by atoms with Crippen LogP contribution in [0.4, 0.5) is 10.1 Å². The molecule has 0 saturated carbocycles. The van der Waals surface area contributed by atoms with Crippen molar-refractivity contribution in [2.24, 2.45) is 4.99 Å². The van der Waals surface area contributed by atoms with Gasteiger partial charge in [-0.25, -0.2) is 12.8 Å². The number of hydrogen-bond donors (Lipinski definition) is 0. The van der Waals surface area contributed by atoms with Gasteiger partial charge in [-0.1, -0.05) is 39.8 Å². The maximum absolute atomic E-state index is 14.7. The normalized spacial score (nSPS) is 23.6. The Kier molecular flexibility index (Phi) is 5.91. The summed E-state index contributed by atoms with van der Waals surface area (Å²) in [6.07, 6.45) is 0.0817. The third kappa shape index (κ3) is 4.40. The van der Waals surface area contributed by atoms with Crippen LogP contribution in [0.15, 0.2) is 51.9 Å². The molecule has 2 aliphatic rings. The molecule has 0 aromatic heterocycles. The lowest BCUT2D eigenvalue weighted by atomic mass is 10.1. The first kappa shape index (κ1) is 21.3. The van der Waals surface area contributed by atoms with E-state index in [9.17, 15) is 17.6 Å².